The van der Waals surface area contributed by atoms with Crippen molar-refractivity contribution in [2.45, 2.75) is 52.4 Å². The molecule has 1 heterocycles. The zero-order valence-corrected chi connectivity index (χ0v) is 10.7. The third-order valence-electron chi connectivity index (χ3n) is 2.41. The van der Waals surface area contributed by atoms with Gasteiger partial charge in [-0.1, -0.05) is 41.5 Å². The predicted octanol–water partition coefficient (Wildman–Crippen LogP) is 2.92. The molecule has 0 saturated carbocycles. The minimum Gasteiger partial charge on any atom is -0.870 e. The van der Waals surface area contributed by atoms with Crippen molar-refractivity contribution in [2.75, 3.05) is 0 Å². The second-order valence-electron chi connectivity index (χ2n) is 5.98. The highest BCUT2D eigenvalue weighted by Crippen LogP contribution is 2.21. The summed E-state index contributed by atoms with van der Waals surface area (Å²) in [7, 11) is 0. The second kappa shape index (κ2) is 4.31. The van der Waals surface area contributed by atoms with Crippen LogP contribution in [0.1, 0.15) is 52.9 Å². The monoisotopic (exact) mass is 209 g/mol. The molecule has 1 aromatic rings. The summed E-state index contributed by atoms with van der Waals surface area (Å²) in [5.74, 6) is 0. The van der Waals surface area contributed by atoms with Crippen LogP contribution in [-0.4, -0.2) is 5.48 Å². The van der Waals surface area contributed by atoms with Gasteiger partial charge in [0.2, 0.25) is 0 Å². The summed E-state index contributed by atoms with van der Waals surface area (Å²) < 4.78 is 0. The van der Waals surface area contributed by atoms with E-state index in [0.29, 0.717) is 0 Å². The lowest BCUT2D eigenvalue weighted by molar-refractivity contribution is -0.414. The average molecular weight is 209 g/mol. The molecule has 1 rings (SSSR count). The van der Waals surface area contributed by atoms with Crippen LogP contribution in [0.5, 0.6) is 0 Å². The third-order valence-corrected chi connectivity index (χ3v) is 2.41. The van der Waals surface area contributed by atoms with E-state index in [9.17, 15) is 0 Å². The second-order valence-corrected chi connectivity index (χ2v) is 5.98. The van der Waals surface area contributed by atoms with E-state index in [4.69, 9.17) is 0 Å². The molecular weight excluding hydrogens is 186 g/mol. The summed E-state index contributed by atoms with van der Waals surface area (Å²) in [5, 5.41) is 0. The molecule has 15 heavy (non-hydrogen) atoms. The van der Waals surface area contributed by atoms with Gasteiger partial charge in [-0.05, 0) is 6.07 Å². The summed E-state index contributed by atoms with van der Waals surface area (Å²) in [6, 6.07) is 6.46. The van der Waals surface area contributed by atoms with Gasteiger partial charge in [0.15, 0.2) is 11.4 Å². The van der Waals surface area contributed by atoms with Crippen LogP contribution in [0.4, 0.5) is 0 Å². The van der Waals surface area contributed by atoms with E-state index in [1.54, 1.807) is 0 Å². The maximum absolute atomic E-state index is 3.52. The highest BCUT2D eigenvalue weighted by molar-refractivity contribution is 5.14. The summed E-state index contributed by atoms with van der Waals surface area (Å²) in [6.45, 7) is 13.4. The first-order chi connectivity index (χ1) is 6.21. The van der Waals surface area contributed by atoms with Crippen LogP contribution in [0.3, 0.4) is 0 Å². The van der Waals surface area contributed by atoms with Crippen molar-refractivity contribution in [1.29, 1.82) is 0 Å². The van der Waals surface area contributed by atoms with Gasteiger partial charge in [0.25, 0.3) is 0 Å². The first-order valence-corrected chi connectivity index (χ1v) is 5.24. The Morgan fingerprint density at radius 3 is 1.40 bits per heavy atom. The molecule has 0 aliphatic heterocycles. The highest BCUT2D eigenvalue weighted by atomic mass is 16.0. The van der Waals surface area contributed by atoms with E-state index >= 15 is 0 Å². The van der Waals surface area contributed by atoms with Gasteiger partial charge in [0.05, 0.1) is 0 Å². The number of aromatic nitrogens is 1. The van der Waals surface area contributed by atoms with E-state index in [-0.39, 0.29) is 16.3 Å². The molecule has 0 spiro atoms. The van der Waals surface area contributed by atoms with Crippen molar-refractivity contribution in [3.05, 3.63) is 29.6 Å². The Morgan fingerprint density at radius 1 is 0.800 bits per heavy atom. The van der Waals surface area contributed by atoms with Crippen LogP contribution in [0.25, 0.3) is 0 Å². The molecule has 0 aliphatic rings. The minimum absolute atomic E-state index is 0. The number of aromatic amines is 1. The fourth-order valence-corrected chi connectivity index (χ4v) is 1.34. The molecular formula is C13H23NO. The Bertz CT molecular complexity index is 289. The Labute approximate surface area is 93.1 Å². The SMILES string of the molecule is CC(C)(C)c1cccc(C(C)(C)C)[nH+]1.[OH-]. The normalized spacial score (nSPS) is 12.1. The number of H-pyrrole nitrogens is 1. The Morgan fingerprint density at radius 2 is 1.13 bits per heavy atom. The van der Waals surface area contributed by atoms with Crippen molar-refractivity contribution in [3.8, 4) is 0 Å². The standard InChI is InChI=1S/C13H21N.H2O/c1-12(2,3)10-8-7-9-11(14-10)13(4,5)6;/h7-9H,1-6H3;1H2. The van der Waals surface area contributed by atoms with Gasteiger partial charge in [-0.25, -0.2) is 4.98 Å². The summed E-state index contributed by atoms with van der Waals surface area (Å²) in [4.78, 5) is 3.52. The van der Waals surface area contributed by atoms with Crippen molar-refractivity contribution in [2.24, 2.45) is 0 Å². The van der Waals surface area contributed by atoms with Gasteiger partial charge in [-0.15, -0.1) is 0 Å². The smallest absolute Gasteiger partial charge is 0.185 e. The maximum atomic E-state index is 3.52. The van der Waals surface area contributed by atoms with Crippen molar-refractivity contribution in [3.63, 3.8) is 0 Å². The maximum Gasteiger partial charge on any atom is 0.185 e. The van der Waals surface area contributed by atoms with Gasteiger partial charge < -0.3 is 5.48 Å². The van der Waals surface area contributed by atoms with Gasteiger partial charge in [-0.2, -0.15) is 0 Å². The first-order valence-electron chi connectivity index (χ1n) is 5.24. The predicted molar refractivity (Wildman–Crippen MR) is 62.3 cm³/mol. The lowest BCUT2D eigenvalue weighted by Gasteiger charge is -2.17. The molecule has 0 aromatic carbocycles. The van der Waals surface area contributed by atoms with E-state index < -0.39 is 0 Å². The first kappa shape index (κ1) is 14.1. The van der Waals surface area contributed by atoms with Crippen molar-refractivity contribution in [1.82, 2.24) is 0 Å². The number of nitrogens with one attached hydrogen (secondary N) is 1. The van der Waals surface area contributed by atoms with Gasteiger partial charge >= 0.3 is 0 Å². The number of rotatable bonds is 0. The Kier molecular flexibility index (Phi) is 4.06. The largest absolute Gasteiger partial charge is 0.870 e. The fraction of sp³-hybridized carbons (Fsp3) is 0.615. The molecule has 0 radical (unpaired) electrons. The van der Waals surface area contributed by atoms with Crippen molar-refractivity contribution >= 4 is 0 Å². The molecule has 0 bridgehead atoms. The molecule has 2 heteroatoms. The summed E-state index contributed by atoms with van der Waals surface area (Å²) in [5.41, 5.74) is 2.98. The summed E-state index contributed by atoms with van der Waals surface area (Å²) >= 11 is 0. The van der Waals surface area contributed by atoms with Crippen LogP contribution in [-0.2, 0) is 10.8 Å². The van der Waals surface area contributed by atoms with Crippen molar-refractivity contribution < 1.29 is 10.5 Å². The Hall–Kier alpha value is -0.890. The number of hydrogen-bond acceptors (Lipinski definition) is 1. The Balaban J connectivity index is 0.00000196. The minimum atomic E-state index is 0. The molecule has 0 unspecified atom stereocenters. The van der Waals surface area contributed by atoms with Crippen LogP contribution < -0.4 is 4.98 Å². The molecule has 0 aliphatic carbocycles. The van der Waals surface area contributed by atoms with E-state index in [2.05, 4.69) is 64.7 Å². The molecule has 0 atom stereocenters. The van der Waals surface area contributed by atoms with E-state index in [0.717, 1.165) is 0 Å². The molecule has 2 N–H and O–H groups in total. The van der Waals surface area contributed by atoms with Crippen LogP contribution >= 0.6 is 0 Å². The molecule has 0 saturated heterocycles. The number of hydrogen-bond donors (Lipinski definition) is 0. The van der Waals surface area contributed by atoms with Gasteiger partial charge in [-0.3, -0.25) is 0 Å². The third kappa shape index (κ3) is 3.63. The molecule has 0 fully saturated rings. The fourth-order valence-electron chi connectivity index (χ4n) is 1.34. The van der Waals surface area contributed by atoms with E-state index in [1.807, 2.05) is 0 Å². The zero-order chi connectivity index (χ0) is 11.0. The molecule has 1 aromatic heterocycles. The lowest BCUT2D eigenvalue weighted by Crippen LogP contribution is -2.32. The average Bonchev–Trinajstić information content (AvgIpc) is 2.01. The lowest BCUT2D eigenvalue weighted by atomic mass is 9.88. The van der Waals surface area contributed by atoms with Gasteiger partial charge in [0, 0.05) is 23.0 Å². The number of pyridine rings is 1. The van der Waals surface area contributed by atoms with Crippen LogP contribution in [0, 0.1) is 0 Å². The quantitative estimate of drug-likeness (QED) is 0.648. The summed E-state index contributed by atoms with van der Waals surface area (Å²) in [6.07, 6.45) is 0. The molecule has 0 amide bonds. The van der Waals surface area contributed by atoms with Crippen LogP contribution in [0.2, 0.25) is 0 Å². The topological polar surface area (TPSA) is 44.1 Å². The van der Waals surface area contributed by atoms with Gasteiger partial charge in [0.1, 0.15) is 0 Å². The zero-order valence-electron chi connectivity index (χ0n) is 10.7. The molecule has 2 nitrogen and oxygen atoms in total. The van der Waals surface area contributed by atoms with E-state index in [1.165, 1.54) is 11.4 Å². The van der Waals surface area contributed by atoms with Crippen LogP contribution in [0.15, 0.2) is 18.2 Å². The highest BCUT2D eigenvalue weighted by Gasteiger charge is 2.26. The molecule has 86 valence electrons.